The second kappa shape index (κ2) is 5.10. The third kappa shape index (κ3) is 2.71. The summed E-state index contributed by atoms with van der Waals surface area (Å²) in [4.78, 5) is 0. The molecule has 3 nitrogen and oxygen atoms in total. The second-order valence-electron chi connectivity index (χ2n) is 4.01. The SMILES string of the molecule is CNCCn1cc(-c2cccc(F)c2)c(C)n1. The summed E-state index contributed by atoms with van der Waals surface area (Å²) < 4.78 is 15.0. The fourth-order valence-corrected chi connectivity index (χ4v) is 1.80. The molecule has 0 atom stereocenters. The zero-order valence-corrected chi connectivity index (χ0v) is 10.1. The Hall–Kier alpha value is -1.68. The summed E-state index contributed by atoms with van der Waals surface area (Å²) in [6.45, 7) is 3.62. The predicted molar refractivity (Wildman–Crippen MR) is 66.3 cm³/mol. The molecule has 1 aromatic carbocycles. The normalized spacial score (nSPS) is 10.8. The first-order valence-electron chi connectivity index (χ1n) is 5.65. The molecule has 2 rings (SSSR count). The Morgan fingerprint density at radius 3 is 2.94 bits per heavy atom. The van der Waals surface area contributed by atoms with E-state index in [1.54, 1.807) is 6.07 Å². The van der Waals surface area contributed by atoms with Gasteiger partial charge < -0.3 is 5.32 Å². The van der Waals surface area contributed by atoms with E-state index in [0.29, 0.717) is 0 Å². The summed E-state index contributed by atoms with van der Waals surface area (Å²) in [7, 11) is 1.91. The minimum atomic E-state index is -0.218. The van der Waals surface area contributed by atoms with Crippen LogP contribution in [0.25, 0.3) is 11.1 Å². The molecule has 17 heavy (non-hydrogen) atoms. The van der Waals surface area contributed by atoms with Crippen molar-refractivity contribution in [3.8, 4) is 11.1 Å². The Morgan fingerprint density at radius 1 is 1.41 bits per heavy atom. The van der Waals surface area contributed by atoms with Crippen molar-refractivity contribution in [1.82, 2.24) is 15.1 Å². The number of nitrogens with zero attached hydrogens (tertiary/aromatic N) is 2. The highest BCUT2D eigenvalue weighted by molar-refractivity contribution is 5.64. The van der Waals surface area contributed by atoms with Crippen molar-refractivity contribution >= 4 is 0 Å². The van der Waals surface area contributed by atoms with Gasteiger partial charge in [-0.1, -0.05) is 12.1 Å². The van der Waals surface area contributed by atoms with E-state index in [2.05, 4.69) is 10.4 Å². The van der Waals surface area contributed by atoms with Gasteiger partial charge in [0.15, 0.2) is 0 Å². The zero-order valence-electron chi connectivity index (χ0n) is 10.1. The third-order valence-corrected chi connectivity index (χ3v) is 2.67. The van der Waals surface area contributed by atoms with Crippen molar-refractivity contribution in [2.45, 2.75) is 13.5 Å². The Morgan fingerprint density at radius 2 is 2.24 bits per heavy atom. The molecule has 4 heteroatoms. The van der Waals surface area contributed by atoms with Crippen LogP contribution in [0.4, 0.5) is 4.39 Å². The number of likely N-dealkylation sites (N-methyl/N-ethyl adjacent to an activating group) is 1. The van der Waals surface area contributed by atoms with Gasteiger partial charge in [-0.3, -0.25) is 4.68 Å². The van der Waals surface area contributed by atoms with Crippen LogP contribution in [-0.2, 0) is 6.54 Å². The van der Waals surface area contributed by atoms with Gasteiger partial charge in [-0.15, -0.1) is 0 Å². The summed E-state index contributed by atoms with van der Waals surface area (Å²) in [5.74, 6) is -0.218. The number of aryl methyl sites for hydroxylation is 1. The number of nitrogens with one attached hydrogen (secondary N) is 1. The van der Waals surface area contributed by atoms with Crippen molar-refractivity contribution in [3.63, 3.8) is 0 Å². The third-order valence-electron chi connectivity index (χ3n) is 2.67. The average Bonchev–Trinajstić information content (AvgIpc) is 2.68. The monoisotopic (exact) mass is 233 g/mol. The molecule has 1 heterocycles. The van der Waals surface area contributed by atoms with Crippen LogP contribution < -0.4 is 5.32 Å². The van der Waals surface area contributed by atoms with Gasteiger partial charge in [-0.25, -0.2) is 4.39 Å². The first-order valence-corrected chi connectivity index (χ1v) is 5.65. The molecule has 0 aliphatic carbocycles. The molecule has 0 bridgehead atoms. The number of halogens is 1. The molecule has 0 unspecified atom stereocenters. The van der Waals surface area contributed by atoms with Crippen LogP contribution in [0.5, 0.6) is 0 Å². The molecule has 0 aliphatic heterocycles. The molecule has 1 N–H and O–H groups in total. The summed E-state index contributed by atoms with van der Waals surface area (Å²) in [5, 5.41) is 7.48. The molecule has 0 saturated carbocycles. The highest BCUT2D eigenvalue weighted by Gasteiger charge is 2.07. The van der Waals surface area contributed by atoms with E-state index in [9.17, 15) is 4.39 Å². The maximum atomic E-state index is 13.2. The molecule has 0 amide bonds. The second-order valence-corrected chi connectivity index (χ2v) is 4.01. The van der Waals surface area contributed by atoms with Crippen LogP contribution in [0.2, 0.25) is 0 Å². The fraction of sp³-hybridized carbons (Fsp3) is 0.308. The van der Waals surface area contributed by atoms with E-state index >= 15 is 0 Å². The van der Waals surface area contributed by atoms with Gasteiger partial charge in [0.25, 0.3) is 0 Å². The summed E-state index contributed by atoms with van der Waals surface area (Å²) in [6.07, 6.45) is 1.96. The molecule has 0 radical (unpaired) electrons. The maximum absolute atomic E-state index is 13.2. The van der Waals surface area contributed by atoms with Crippen molar-refractivity contribution in [2.24, 2.45) is 0 Å². The lowest BCUT2D eigenvalue weighted by molar-refractivity contribution is 0.581. The average molecular weight is 233 g/mol. The summed E-state index contributed by atoms with van der Waals surface area (Å²) in [5.41, 5.74) is 2.78. The molecule has 0 spiro atoms. The number of hydrogen-bond donors (Lipinski definition) is 1. The van der Waals surface area contributed by atoms with Gasteiger partial charge in [0.2, 0.25) is 0 Å². The largest absolute Gasteiger partial charge is 0.318 e. The molecule has 0 fully saturated rings. The van der Waals surface area contributed by atoms with Gasteiger partial charge in [-0.2, -0.15) is 5.10 Å². The van der Waals surface area contributed by atoms with Crippen molar-refractivity contribution in [1.29, 1.82) is 0 Å². The van der Waals surface area contributed by atoms with Crippen LogP contribution in [0.3, 0.4) is 0 Å². The van der Waals surface area contributed by atoms with Gasteiger partial charge in [0.1, 0.15) is 5.82 Å². The number of hydrogen-bond acceptors (Lipinski definition) is 2. The molecule has 1 aromatic heterocycles. The van der Waals surface area contributed by atoms with Gasteiger partial charge in [0, 0.05) is 18.3 Å². The van der Waals surface area contributed by atoms with Gasteiger partial charge in [-0.05, 0) is 31.7 Å². The van der Waals surface area contributed by atoms with Gasteiger partial charge >= 0.3 is 0 Å². The van der Waals surface area contributed by atoms with Crippen molar-refractivity contribution < 1.29 is 4.39 Å². The lowest BCUT2D eigenvalue weighted by atomic mass is 10.1. The summed E-state index contributed by atoms with van der Waals surface area (Å²) in [6, 6.07) is 6.60. The molecular formula is C13H16FN3. The van der Waals surface area contributed by atoms with Crippen LogP contribution in [-0.4, -0.2) is 23.4 Å². The van der Waals surface area contributed by atoms with Crippen molar-refractivity contribution in [2.75, 3.05) is 13.6 Å². The number of aromatic nitrogens is 2. The highest BCUT2D eigenvalue weighted by atomic mass is 19.1. The first kappa shape index (κ1) is 11.8. The molecular weight excluding hydrogens is 217 g/mol. The highest BCUT2D eigenvalue weighted by Crippen LogP contribution is 2.22. The van der Waals surface area contributed by atoms with E-state index in [-0.39, 0.29) is 5.82 Å². The Kier molecular flexibility index (Phi) is 3.54. The van der Waals surface area contributed by atoms with Gasteiger partial charge in [0.05, 0.1) is 12.2 Å². The van der Waals surface area contributed by atoms with E-state index in [0.717, 1.165) is 29.9 Å². The smallest absolute Gasteiger partial charge is 0.123 e. The quantitative estimate of drug-likeness (QED) is 0.877. The zero-order chi connectivity index (χ0) is 12.3. The van der Waals surface area contributed by atoms with E-state index in [1.807, 2.05) is 30.9 Å². The van der Waals surface area contributed by atoms with E-state index < -0.39 is 0 Å². The van der Waals surface area contributed by atoms with Crippen LogP contribution >= 0.6 is 0 Å². The number of rotatable bonds is 4. The molecule has 0 aliphatic rings. The first-order chi connectivity index (χ1) is 8.20. The number of benzene rings is 1. The van der Waals surface area contributed by atoms with Crippen LogP contribution in [0, 0.1) is 12.7 Å². The molecule has 0 saturated heterocycles. The molecule has 90 valence electrons. The van der Waals surface area contributed by atoms with E-state index in [1.165, 1.54) is 12.1 Å². The lowest BCUT2D eigenvalue weighted by Gasteiger charge is -1.99. The van der Waals surface area contributed by atoms with Crippen LogP contribution in [0.1, 0.15) is 5.69 Å². The Bertz CT molecular complexity index is 505. The minimum absolute atomic E-state index is 0.218. The standard InChI is InChI=1S/C13H16FN3/c1-10-13(9-17(16-10)7-6-15-2)11-4-3-5-12(14)8-11/h3-5,8-9,15H,6-7H2,1-2H3. The summed E-state index contributed by atoms with van der Waals surface area (Å²) >= 11 is 0. The van der Waals surface area contributed by atoms with Crippen LogP contribution in [0.15, 0.2) is 30.5 Å². The topological polar surface area (TPSA) is 29.9 Å². The lowest BCUT2D eigenvalue weighted by Crippen LogP contribution is -2.15. The molecule has 2 aromatic rings. The Balaban J connectivity index is 2.29. The Labute approximate surface area is 100 Å². The minimum Gasteiger partial charge on any atom is -0.318 e. The van der Waals surface area contributed by atoms with E-state index in [4.69, 9.17) is 0 Å². The maximum Gasteiger partial charge on any atom is 0.123 e. The predicted octanol–water partition coefficient (Wildman–Crippen LogP) is 2.22. The fourth-order valence-electron chi connectivity index (χ4n) is 1.80. The van der Waals surface area contributed by atoms with Crippen molar-refractivity contribution in [3.05, 3.63) is 42.0 Å².